The summed E-state index contributed by atoms with van der Waals surface area (Å²) in [6.45, 7) is 0.202. The van der Waals surface area contributed by atoms with Gasteiger partial charge in [-0.2, -0.15) is 0 Å². The van der Waals surface area contributed by atoms with E-state index in [0.717, 1.165) is 18.4 Å². The molecule has 0 saturated heterocycles. The van der Waals surface area contributed by atoms with Crippen molar-refractivity contribution in [1.82, 2.24) is 9.71 Å². The highest BCUT2D eigenvalue weighted by Gasteiger charge is 2.30. The van der Waals surface area contributed by atoms with Crippen LogP contribution in [0.3, 0.4) is 0 Å². The number of ketones is 1. The highest BCUT2D eigenvalue weighted by atomic mass is 32.2. The number of hydrogen-bond acceptors (Lipinski definition) is 4. The number of nitrogens with zero attached hydrogens (tertiary/aromatic N) is 1. The van der Waals surface area contributed by atoms with Gasteiger partial charge < -0.3 is 0 Å². The zero-order chi connectivity index (χ0) is 15.6. The minimum Gasteiger partial charge on any atom is -0.294 e. The van der Waals surface area contributed by atoms with Gasteiger partial charge in [0.2, 0.25) is 10.0 Å². The van der Waals surface area contributed by atoms with Crippen molar-refractivity contribution in [3.05, 3.63) is 59.9 Å². The van der Waals surface area contributed by atoms with Gasteiger partial charge in [0.25, 0.3) is 0 Å². The van der Waals surface area contributed by atoms with E-state index < -0.39 is 10.0 Å². The molecule has 1 fully saturated rings. The molecule has 6 heteroatoms. The number of carbonyl (C=O) groups is 1. The molecule has 1 aromatic heterocycles. The Labute approximate surface area is 129 Å². The summed E-state index contributed by atoms with van der Waals surface area (Å²) in [4.78, 5) is 16.0. The Hall–Kier alpha value is -2.05. The summed E-state index contributed by atoms with van der Waals surface area (Å²) in [6, 6.07) is 9.62. The molecule has 0 spiro atoms. The third kappa shape index (κ3) is 3.40. The van der Waals surface area contributed by atoms with Gasteiger partial charge >= 0.3 is 0 Å². The van der Waals surface area contributed by atoms with Crippen LogP contribution in [-0.4, -0.2) is 19.2 Å². The molecule has 114 valence electrons. The van der Waals surface area contributed by atoms with Gasteiger partial charge in [0, 0.05) is 30.4 Å². The largest absolute Gasteiger partial charge is 0.294 e. The maximum atomic E-state index is 12.2. The quantitative estimate of drug-likeness (QED) is 0.829. The predicted molar refractivity (Wildman–Crippen MR) is 81.8 cm³/mol. The molecule has 2 aromatic rings. The van der Waals surface area contributed by atoms with E-state index in [4.69, 9.17) is 0 Å². The summed E-state index contributed by atoms with van der Waals surface area (Å²) in [5.74, 6) is 0.237. The van der Waals surface area contributed by atoms with E-state index in [9.17, 15) is 13.2 Å². The first-order chi connectivity index (χ1) is 10.6. The number of carbonyl (C=O) groups excluding carboxylic acids is 1. The Morgan fingerprint density at radius 3 is 2.32 bits per heavy atom. The topological polar surface area (TPSA) is 76.1 Å². The van der Waals surface area contributed by atoms with Gasteiger partial charge in [-0.15, -0.1) is 0 Å². The monoisotopic (exact) mass is 316 g/mol. The van der Waals surface area contributed by atoms with E-state index in [1.807, 2.05) is 0 Å². The summed E-state index contributed by atoms with van der Waals surface area (Å²) < 4.78 is 27.0. The van der Waals surface area contributed by atoms with Crippen molar-refractivity contribution in [2.24, 2.45) is 5.92 Å². The van der Waals surface area contributed by atoms with Crippen molar-refractivity contribution >= 4 is 15.8 Å². The predicted octanol–water partition coefficient (Wildman–Crippen LogP) is 2.15. The second kappa shape index (κ2) is 5.98. The molecule has 0 atom stereocenters. The average Bonchev–Trinajstić information content (AvgIpc) is 3.38. The van der Waals surface area contributed by atoms with E-state index in [2.05, 4.69) is 9.71 Å². The zero-order valence-electron chi connectivity index (χ0n) is 11.9. The molecule has 3 rings (SSSR count). The third-order valence-electron chi connectivity index (χ3n) is 3.61. The van der Waals surface area contributed by atoms with E-state index in [0.29, 0.717) is 5.56 Å². The normalized spacial score (nSPS) is 14.7. The van der Waals surface area contributed by atoms with Crippen LogP contribution >= 0.6 is 0 Å². The number of Topliss-reactive ketones (excluding diaryl/α,β-unsaturated/α-hetero) is 1. The van der Waals surface area contributed by atoms with E-state index in [1.165, 1.54) is 12.1 Å². The fraction of sp³-hybridized carbons (Fsp3) is 0.250. The standard InChI is InChI=1S/C16H16N2O3S/c19-16(13-1-2-13)14-3-5-15(6-4-14)22(20,21)18-11-12-7-9-17-10-8-12/h3-10,13,18H,1-2,11H2. The summed E-state index contributed by atoms with van der Waals surface area (Å²) in [5.41, 5.74) is 1.41. The lowest BCUT2D eigenvalue weighted by atomic mass is 10.1. The third-order valence-corrected chi connectivity index (χ3v) is 5.03. The highest BCUT2D eigenvalue weighted by molar-refractivity contribution is 7.89. The smallest absolute Gasteiger partial charge is 0.240 e. The van der Waals surface area contributed by atoms with Crippen LogP contribution in [0.5, 0.6) is 0 Å². The summed E-state index contributed by atoms with van der Waals surface area (Å²) >= 11 is 0. The Bertz CT molecular complexity index is 767. The molecule has 0 aliphatic heterocycles. The summed E-state index contributed by atoms with van der Waals surface area (Å²) in [5, 5.41) is 0. The first-order valence-electron chi connectivity index (χ1n) is 7.09. The number of hydrogen-bond donors (Lipinski definition) is 1. The van der Waals surface area contributed by atoms with Crippen molar-refractivity contribution in [2.45, 2.75) is 24.3 Å². The first-order valence-corrected chi connectivity index (χ1v) is 8.57. The van der Waals surface area contributed by atoms with Crippen LogP contribution < -0.4 is 4.72 Å². The molecule has 0 unspecified atom stereocenters. The average molecular weight is 316 g/mol. The van der Waals surface area contributed by atoms with Crippen molar-refractivity contribution in [2.75, 3.05) is 0 Å². The lowest BCUT2D eigenvalue weighted by Crippen LogP contribution is -2.23. The molecule has 5 nitrogen and oxygen atoms in total. The van der Waals surface area contributed by atoms with Crippen LogP contribution in [0, 0.1) is 5.92 Å². The van der Waals surface area contributed by atoms with Crippen LogP contribution in [0.4, 0.5) is 0 Å². The molecule has 0 bridgehead atoms. The van der Waals surface area contributed by atoms with Gasteiger partial charge in [-0.05, 0) is 42.7 Å². The minimum atomic E-state index is -3.59. The number of rotatable bonds is 6. The summed E-state index contributed by atoms with van der Waals surface area (Å²) in [6.07, 6.45) is 5.10. The van der Waals surface area contributed by atoms with Gasteiger partial charge in [0.05, 0.1) is 4.90 Å². The van der Waals surface area contributed by atoms with E-state index >= 15 is 0 Å². The van der Waals surface area contributed by atoms with Crippen LogP contribution in [0.15, 0.2) is 53.7 Å². The first kappa shape index (κ1) is 14.9. The van der Waals surface area contributed by atoms with Crippen LogP contribution in [0.1, 0.15) is 28.8 Å². The van der Waals surface area contributed by atoms with E-state index in [1.54, 1.807) is 36.7 Å². The molecule has 1 N–H and O–H groups in total. The number of nitrogens with one attached hydrogen (secondary N) is 1. The number of aromatic nitrogens is 1. The molecule has 0 radical (unpaired) electrons. The molecule has 1 aliphatic carbocycles. The molecule has 1 aromatic carbocycles. The van der Waals surface area contributed by atoms with Crippen molar-refractivity contribution < 1.29 is 13.2 Å². The van der Waals surface area contributed by atoms with Gasteiger partial charge in [0.15, 0.2) is 5.78 Å². The minimum absolute atomic E-state index is 0.105. The number of sulfonamides is 1. The molecular formula is C16H16N2O3S. The molecule has 1 aliphatic rings. The maximum absolute atomic E-state index is 12.2. The Morgan fingerprint density at radius 2 is 1.73 bits per heavy atom. The van der Waals surface area contributed by atoms with Gasteiger partial charge in [0.1, 0.15) is 0 Å². The van der Waals surface area contributed by atoms with E-state index in [-0.39, 0.29) is 23.1 Å². The Balaban J connectivity index is 1.70. The molecule has 1 heterocycles. The molecule has 1 saturated carbocycles. The Kier molecular flexibility index (Phi) is 4.04. The number of benzene rings is 1. The highest BCUT2D eigenvalue weighted by Crippen LogP contribution is 2.32. The van der Waals surface area contributed by atoms with Crippen LogP contribution in [-0.2, 0) is 16.6 Å². The second-order valence-electron chi connectivity index (χ2n) is 5.34. The maximum Gasteiger partial charge on any atom is 0.240 e. The fourth-order valence-corrected chi connectivity index (χ4v) is 3.16. The Morgan fingerprint density at radius 1 is 1.09 bits per heavy atom. The van der Waals surface area contributed by atoms with Gasteiger partial charge in [-0.3, -0.25) is 9.78 Å². The lowest BCUT2D eigenvalue weighted by molar-refractivity contribution is 0.0967. The zero-order valence-corrected chi connectivity index (χ0v) is 12.7. The van der Waals surface area contributed by atoms with Gasteiger partial charge in [-0.1, -0.05) is 12.1 Å². The number of pyridine rings is 1. The SMILES string of the molecule is O=C(c1ccc(S(=O)(=O)NCc2ccncc2)cc1)C1CC1. The summed E-state index contributed by atoms with van der Waals surface area (Å²) in [7, 11) is -3.59. The van der Waals surface area contributed by atoms with Crippen molar-refractivity contribution in [3.8, 4) is 0 Å². The van der Waals surface area contributed by atoms with Crippen LogP contribution in [0.25, 0.3) is 0 Å². The van der Waals surface area contributed by atoms with Gasteiger partial charge in [-0.25, -0.2) is 13.1 Å². The molecule has 22 heavy (non-hydrogen) atoms. The molecular weight excluding hydrogens is 300 g/mol. The molecule has 0 amide bonds. The lowest BCUT2D eigenvalue weighted by Gasteiger charge is -2.07. The van der Waals surface area contributed by atoms with Crippen molar-refractivity contribution in [1.29, 1.82) is 0 Å². The second-order valence-corrected chi connectivity index (χ2v) is 7.11. The fourth-order valence-electron chi connectivity index (χ4n) is 2.14. The van der Waals surface area contributed by atoms with Crippen molar-refractivity contribution in [3.63, 3.8) is 0 Å². The van der Waals surface area contributed by atoms with Crippen LogP contribution in [0.2, 0.25) is 0 Å².